The fraction of sp³-hybridized carbons (Fsp3) is 0.571. The van der Waals surface area contributed by atoms with E-state index in [0.29, 0.717) is 18.7 Å². The van der Waals surface area contributed by atoms with Gasteiger partial charge in [-0.1, -0.05) is 12.1 Å². The lowest BCUT2D eigenvalue weighted by molar-refractivity contribution is -0.385. The van der Waals surface area contributed by atoms with Crippen LogP contribution in [0, 0.1) is 10.1 Å². The quantitative estimate of drug-likeness (QED) is 0.605. The second-order valence-corrected chi connectivity index (χ2v) is 7.98. The van der Waals surface area contributed by atoms with Gasteiger partial charge in [-0.2, -0.15) is 5.06 Å². The Hall–Kier alpha value is -1.55. The third-order valence-corrected chi connectivity index (χ3v) is 6.66. The molecule has 3 rings (SSSR count). The summed E-state index contributed by atoms with van der Waals surface area (Å²) in [5, 5.41) is 11.7. The molecule has 2 saturated heterocycles. The maximum atomic E-state index is 12.9. The molecule has 0 amide bonds. The van der Waals surface area contributed by atoms with E-state index in [2.05, 4.69) is 0 Å². The molecule has 23 heavy (non-hydrogen) atoms. The highest BCUT2D eigenvalue weighted by atomic mass is 32.2. The third kappa shape index (κ3) is 2.97. The first-order chi connectivity index (χ1) is 10.9. The van der Waals surface area contributed by atoms with Gasteiger partial charge in [0.25, 0.3) is 5.69 Å². The van der Waals surface area contributed by atoms with Crippen molar-refractivity contribution in [1.29, 1.82) is 0 Å². The Labute approximate surface area is 134 Å². The average Bonchev–Trinajstić information content (AvgIpc) is 3.17. The molecule has 0 N–H and O–H groups in total. The van der Waals surface area contributed by atoms with Crippen molar-refractivity contribution in [1.82, 2.24) is 9.37 Å². The number of rotatable bonds is 4. The number of hydrogen-bond donors (Lipinski definition) is 0. The van der Waals surface area contributed by atoms with Crippen LogP contribution >= 0.6 is 0 Å². The van der Waals surface area contributed by atoms with Gasteiger partial charge in [0.05, 0.1) is 17.6 Å². The first-order valence-electron chi connectivity index (χ1n) is 7.50. The monoisotopic (exact) mass is 341 g/mol. The Morgan fingerprint density at radius 2 is 2.00 bits per heavy atom. The fourth-order valence-electron chi connectivity index (χ4n) is 3.23. The van der Waals surface area contributed by atoms with Crippen LogP contribution in [-0.4, -0.2) is 54.7 Å². The summed E-state index contributed by atoms with van der Waals surface area (Å²) in [6.07, 6.45) is 1.73. The van der Waals surface area contributed by atoms with E-state index in [-0.39, 0.29) is 12.3 Å². The SMILES string of the molecule is CN1OCC(S(=O)(=O)N2CCCC2)C1c1cccc([N+](=O)[O-])c1. The number of nitrogens with zero attached hydrogens (tertiary/aromatic N) is 3. The standard InChI is InChI=1S/C14H19N3O5S/c1-15-14(11-5-4-6-12(9-11)17(18)19)13(10-22-15)23(20,21)16-7-2-3-8-16/h4-6,9,13-14H,2-3,7-8,10H2,1H3. The van der Waals surface area contributed by atoms with Crippen molar-refractivity contribution in [3.63, 3.8) is 0 Å². The van der Waals surface area contributed by atoms with Crippen molar-refractivity contribution in [2.24, 2.45) is 0 Å². The van der Waals surface area contributed by atoms with Gasteiger partial charge in [0.1, 0.15) is 5.25 Å². The van der Waals surface area contributed by atoms with E-state index in [1.54, 1.807) is 19.2 Å². The molecule has 2 aliphatic heterocycles. The van der Waals surface area contributed by atoms with Gasteiger partial charge in [-0.25, -0.2) is 12.7 Å². The molecule has 0 spiro atoms. The number of nitro benzene ring substituents is 1. The molecule has 0 radical (unpaired) electrons. The molecule has 0 aromatic heterocycles. The van der Waals surface area contributed by atoms with E-state index in [1.807, 2.05) is 0 Å². The van der Waals surface area contributed by atoms with Crippen LogP contribution in [0.5, 0.6) is 0 Å². The van der Waals surface area contributed by atoms with Gasteiger partial charge >= 0.3 is 0 Å². The predicted octanol–water partition coefficient (Wildman–Crippen LogP) is 1.31. The van der Waals surface area contributed by atoms with Crippen LogP contribution in [-0.2, 0) is 14.9 Å². The van der Waals surface area contributed by atoms with Crippen LogP contribution in [0.25, 0.3) is 0 Å². The zero-order chi connectivity index (χ0) is 16.6. The van der Waals surface area contributed by atoms with Crippen molar-refractivity contribution in [2.45, 2.75) is 24.1 Å². The molecule has 2 unspecified atom stereocenters. The van der Waals surface area contributed by atoms with Crippen LogP contribution < -0.4 is 0 Å². The molecule has 0 saturated carbocycles. The van der Waals surface area contributed by atoms with E-state index in [0.717, 1.165) is 12.8 Å². The van der Waals surface area contributed by atoms with Crippen molar-refractivity contribution in [3.8, 4) is 0 Å². The van der Waals surface area contributed by atoms with Gasteiger partial charge in [0, 0.05) is 32.3 Å². The Balaban J connectivity index is 1.95. The fourth-order valence-corrected chi connectivity index (χ4v) is 5.26. The minimum atomic E-state index is -3.50. The highest BCUT2D eigenvalue weighted by Gasteiger charge is 2.46. The first-order valence-corrected chi connectivity index (χ1v) is 9.00. The van der Waals surface area contributed by atoms with Crippen molar-refractivity contribution in [2.75, 3.05) is 26.7 Å². The van der Waals surface area contributed by atoms with Gasteiger partial charge < -0.3 is 0 Å². The summed E-state index contributed by atoms with van der Waals surface area (Å²) < 4.78 is 27.2. The maximum absolute atomic E-state index is 12.9. The molecule has 0 aliphatic carbocycles. The summed E-state index contributed by atoms with van der Waals surface area (Å²) in [6.45, 7) is 1.12. The van der Waals surface area contributed by atoms with E-state index in [9.17, 15) is 18.5 Å². The summed E-state index contributed by atoms with van der Waals surface area (Å²) in [4.78, 5) is 15.9. The molecule has 2 heterocycles. The van der Waals surface area contributed by atoms with Crippen molar-refractivity contribution < 1.29 is 18.2 Å². The number of sulfonamides is 1. The van der Waals surface area contributed by atoms with E-state index in [4.69, 9.17) is 4.84 Å². The maximum Gasteiger partial charge on any atom is 0.269 e. The number of hydroxylamine groups is 2. The molecule has 2 aliphatic rings. The highest BCUT2D eigenvalue weighted by Crippen LogP contribution is 2.36. The van der Waals surface area contributed by atoms with Crippen molar-refractivity contribution >= 4 is 15.7 Å². The van der Waals surface area contributed by atoms with E-state index in [1.165, 1.54) is 21.5 Å². The first kappa shape index (κ1) is 16.3. The van der Waals surface area contributed by atoms with Gasteiger partial charge in [-0.15, -0.1) is 0 Å². The van der Waals surface area contributed by atoms with Crippen LogP contribution in [0.1, 0.15) is 24.4 Å². The largest absolute Gasteiger partial charge is 0.297 e. The topological polar surface area (TPSA) is 93.0 Å². The smallest absolute Gasteiger partial charge is 0.269 e. The molecule has 2 atom stereocenters. The average molecular weight is 341 g/mol. The molecule has 1 aromatic rings. The molecule has 1 aromatic carbocycles. The molecule has 0 bridgehead atoms. The zero-order valence-corrected chi connectivity index (χ0v) is 13.6. The Morgan fingerprint density at radius 3 is 2.65 bits per heavy atom. The minimum Gasteiger partial charge on any atom is -0.297 e. The van der Waals surface area contributed by atoms with E-state index >= 15 is 0 Å². The van der Waals surface area contributed by atoms with Gasteiger partial charge in [0.15, 0.2) is 0 Å². The molecule has 126 valence electrons. The van der Waals surface area contributed by atoms with Crippen LogP contribution in [0.2, 0.25) is 0 Å². The lowest BCUT2D eigenvalue weighted by Crippen LogP contribution is -2.41. The zero-order valence-electron chi connectivity index (χ0n) is 12.8. The van der Waals surface area contributed by atoms with Gasteiger partial charge in [-0.3, -0.25) is 15.0 Å². The second-order valence-electron chi connectivity index (χ2n) is 5.83. The second kappa shape index (κ2) is 6.16. The normalized spacial score (nSPS) is 26.7. The lowest BCUT2D eigenvalue weighted by atomic mass is 10.0. The third-order valence-electron chi connectivity index (χ3n) is 4.42. The van der Waals surface area contributed by atoms with Crippen LogP contribution in [0.15, 0.2) is 24.3 Å². The Kier molecular flexibility index (Phi) is 4.37. The predicted molar refractivity (Wildman–Crippen MR) is 83.1 cm³/mol. The summed E-state index contributed by atoms with van der Waals surface area (Å²) >= 11 is 0. The summed E-state index contributed by atoms with van der Waals surface area (Å²) in [5.74, 6) is 0. The van der Waals surface area contributed by atoms with E-state index < -0.39 is 26.2 Å². The summed E-state index contributed by atoms with van der Waals surface area (Å²) in [5.41, 5.74) is 0.520. The lowest BCUT2D eigenvalue weighted by Gasteiger charge is -2.26. The number of non-ortho nitro benzene ring substituents is 1. The number of benzene rings is 1. The summed E-state index contributed by atoms with van der Waals surface area (Å²) in [7, 11) is -1.85. The molecule has 2 fully saturated rings. The molecular weight excluding hydrogens is 322 g/mol. The number of hydrogen-bond acceptors (Lipinski definition) is 6. The highest BCUT2D eigenvalue weighted by molar-refractivity contribution is 7.89. The van der Waals surface area contributed by atoms with Crippen molar-refractivity contribution in [3.05, 3.63) is 39.9 Å². The Bertz CT molecular complexity index is 702. The van der Waals surface area contributed by atoms with Crippen LogP contribution in [0.4, 0.5) is 5.69 Å². The molecular formula is C14H19N3O5S. The molecule has 8 nitrogen and oxygen atoms in total. The van der Waals surface area contributed by atoms with Gasteiger partial charge in [-0.05, 0) is 18.4 Å². The molecule has 9 heteroatoms. The van der Waals surface area contributed by atoms with Crippen LogP contribution in [0.3, 0.4) is 0 Å². The summed E-state index contributed by atoms with van der Waals surface area (Å²) in [6, 6.07) is 5.53. The minimum absolute atomic E-state index is 0.0554. The number of nitro groups is 1. The Morgan fingerprint density at radius 1 is 1.30 bits per heavy atom. The van der Waals surface area contributed by atoms with Gasteiger partial charge in [0.2, 0.25) is 10.0 Å².